The molecule has 0 amide bonds. The summed E-state index contributed by atoms with van der Waals surface area (Å²) in [7, 11) is 1.32. The van der Waals surface area contributed by atoms with Crippen LogP contribution in [0.5, 0.6) is 5.75 Å². The van der Waals surface area contributed by atoms with E-state index in [2.05, 4.69) is 25.2 Å². The third-order valence-corrected chi connectivity index (χ3v) is 6.11. The largest absolute Gasteiger partial charge is 0.573 e. The Bertz CT molecular complexity index is 1130. The number of thiazole rings is 1. The lowest BCUT2D eigenvalue weighted by molar-refractivity contribution is -0.274. The number of nitrogens with zero attached hydrogens (tertiary/aromatic N) is 4. The molecule has 3 aliphatic heterocycles. The summed E-state index contributed by atoms with van der Waals surface area (Å²) in [5, 5.41) is 9.57. The van der Waals surface area contributed by atoms with Crippen molar-refractivity contribution in [2.45, 2.75) is 31.8 Å². The third kappa shape index (κ3) is 3.69. The van der Waals surface area contributed by atoms with Gasteiger partial charge in [-0.1, -0.05) is 5.16 Å². The number of anilines is 1. The van der Waals surface area contributed by atoms with Gasteiger partial charge >= 0.3 is 6.36 Å². The van der Waals surface area contributed by atoms with Crippen LogP contribution in [0, 0.1) is 0 Å². The Morgan fingerprint density at radius 3 is 2.71 bits per heavy atom. The highest BCUT2D eigenvalue weighted by atomic mass is 32.1. The summed E-state index contributed by atoms with van der Waals surface area (Å²) in [4.78, 5) is 15.5. The highest BCUT2D eigenvalue weighted by Crippen LogP contribution is 2.43. The number of oxazole rings is 1. The lowest BCUT2D eigenvalue weighted by atomic mass is 9.92. The highest BCUT2D eigenvalue weighted by molar-refractivity contribution is 7.13. The van der Waals surface area contributed by atoms with Crippen molar-refractivity contribution < 1.29 is 27.2 Å². The van der Waals surface area contributed by atoms with Crippen molar-refractivity contribution in [1.82, 2.24) is 15.3 Å². The predicted octanol–water partition coefficient (Wildman–Crippen LogP) is 3.77. The highest BCUT2D eigenvalue weighted by Gasteiger charge is 2.39. The lowest BCUT2D eigenvalue weighted by Gasteiger charge is -2.47. The Morgan fingerprint density at radius 2 is 2.10 bits per heavy atom. The van der Waals surface area contributed by atoms with Crippen LogP contribution in [0.15, 0.2) is 27.2 Å². The van der Waals surface area contributed by atoms with Crippen molar-refractivity contribution >= 4 is 34.2 Å². The van der Waals surface area contributed by atoms with Gasteiger partial charge in [0.15, 0.2) is 16.8 Å². The molecular formula is C19H18F3N5O3S. The van der Waals surface area contributed by atoms with Gasteiger partial charge in [0.05, 0.1) is 11.3 Å². The molecule has 12 heteroatoms. The first kappa shape index (κ1) is 20.1. The monoisotopic (exact) mass is 453 g/mol. The number of piperazine rings is 1. The van der Waals surface area contributed by atoms with Crippen LogP contribution in [0.2, 0.25) is 0 Å². The van der Waals surface area contributed by atoms with Gasteiger partial charge in [0.25, 0.3) is 6.01 Å². The molecule has 2 unspecified atom stereocenters. The van der Waals surface area contributed by atoms with E-state index in [1.165, 1.54) is 31.4 Å². The summed E-state index contributed by atoms with van der Waals surface area (Å²) in [6.07, 6.45) is -2.24. The lowest BCUT2D eigenvalue weighted by Crippen LogP contribution is -2.67. The van der Waals surface area contributed by atoms with Gasteiger partial charge in [-0.2, -0.15) is 4.98 Å². The molecule has 1 N–H and O–H groups in total. The quantitative estimate of drug-likeness (QED) is 0.465. The zero-order valence-corrected chi connectivity index (χ0v) is 17.4. The molecule has 3 aromatic rings. The number of fused-ring (bicyclic) bond motifs is 3. The van der Waals surface area contributed by atoms with Crippen molar-refractivity contribution in [2.24, 2.45) is 5.16 Å². The number of nitrogens with one attached hydrogen (secondary N) is 1. The van der Waals surface area contributed by atoms with E-state index >= 15 is 0 Å². The van der Waals surface area contributed by atoms with Crippen LogP contribution in [0.3, 0.4) is 0 Å². The first-order valence-corrected chi connectivity index (χ1v) is 10.4. The molecule has 5 heterocycles. The van der Waals surface area contributed by atoms with Gasteiger partial charge in [0.1, 0.15) is 12.1 Å². The average molecular weight is 453 g/mol. The van der Waals surface area contributed by atoms with Crippen molar-refractivity contribution in [1.29, 1.82) is 0 Å². The molecule has 31 heavy (non-hydrogen) atoms. The number of alkyl halides is 3. The van der Waals surface area contributed by atoms with Gasteiger partial charge in [0.2, 0.25) is 0 Å². The molecular weight excluding hydrogens is 435 g/mol. The SMILES string of the molecule is CO/N=C(\C)c1cc(-c2nccs2)c2oc(N3CC4CC(C3)N4)nc2c1OC(F)(F)F. The number of rotatable bonds is 5. The van der Waals surface area contributed by atoms with Gasteiger partial charge in [-0.05, 0) is 19.4 Å². The van der Waals surface area contributed by atoms with Gasteiger partial charge in [-0.15, -0.1) is 24.5 Å². The van der Waals surface area contributed by atoms with Crippen molar-refractivity contribution in [3.63, 3.8) is 0 Å². The van der Waals surface area contributed by atoms with Crippen molar-refractivity contribution in [3.8, 4) is 16.3 Å². The normalized spacial score (nSPS) is 21.3. The maximum atomic E-state index is 13.3. The summed E-state index contributed by atoms with van der Waals surface area (Å²) in [5.41, 5.74) is 0.965. The van der Waals surface area contributed by atoms with Gasteiger partial charge in [-0.3, -0.25) is 0 Å². The Labute approximate surface area is 178 Å². The second-order valence-electron chi connectivity index (χ2n) is 7.42. The van der Waals surface area contributed by atoms with E-state index in [1.54, 1.807) is 11.6 Å². The topological polar surface area (TPSA) is 85.0 Å². The zero-order chi connectivity index (χ0) is 21.8. The second kappa shape index (κ2) is 7.38. The molecule has 0 spiro atoms. The van der Waals surface area contributed by atoms with Gasteiger partial charge < -0.3 is 24.2 Å². The standard InChI is InChI=1S/C19H18F3N5O3S/c1-9(26-28-2)12-6-13(17-23-3-4-31-17)15-14(16(12)30-19(20,21)22)25-18(29-15)27-7-10-5-11(8-27)24-10/h3-4,6,10-11,24H,5,7-8H2,1-2H3/b26-9+. The van der Waals surface area contributed by atoms with Crippen LogP contribution < -0.4 is 15.0 Å². The van der Waals surface area contributed by atoms with Crippen LogP contribution in [0.4, 0.5) is 19.2 Å². The van der Waals surface area contributed by atoms with Crippen LogP contribution in [-0.4, -0.2) is 54.3 Å². The Balaban J connectivity index is 1.73. The Morgan fingerprint density at radius 1 is 1.35 bits per heavy atom. The third-order valence-electron chi connectivity index (χ3n) is 5.30. The summed E-state index contributed by atoms with van der Waals surface area (Å²) >= 11 is 1.34. The van der Waals surface area contributed by atoms with Crippen LogP contribution in [-0.2, 0) is 4.84 Å². The van der Waals surface area contributed by atoms with E-state index in [9.17, 15) is 13.2 Å². The fourth-order valence-electron chi connectivity index (χ4n) is 4.04. The number of piperidine rings is 1. The number of hydrogen-bond acceptors (Lipinski definition) is 9. The number of oxime groups is 1. The van der Waals surface area contributed by atoms with E-state index in [4.69, 9.17) is 9.25 Å². The fraction of sp³-hybridized carbons (Fsp3) is 0.421. The number of benzene rings is 1. The molecule has 3 fully saturated rings. The van der Waals surface area contributed by atoms with Crippen LogP contribution in [0.25, 0.3) is 21.7 Å². The van der Waals surface area contributed by atoms with Gasteiger partial charge in [-0.25, -0.2) is 4.98 Å². The molecule has 3 saturated heterocycles. The molecule has 3 aliphatic rings. The molecule has 2 bridgehead atoms. The van der Waals surface area contributed by atoms with E-state index in [1.807, 2.05) is 4.90 Å². The van der Waals surface area contributed by atoms with Crippen LogP contribution >= 0.6 is 11.3 Å². The van der Waals surface area contributed by atoms with Crippen molar-refractivity contribution in [3.05, 3.63) is 23.2 Å². The smallest absolute Gasteiger partial charge is 0.422 e. The Kier molecular flexibility index (Phi) is 4.77. The molecule has 0 saturated carbocycles. The molecule has 0 aliphatic carbocycles. The maximum absolute atomic E-state index is 13.3. The number of aromatic nitrogens is 2. The summed E-state index contributed by atoms with van der Waals surface area (Å²) in [6.45, 7) is 2.87. The summed E-state index contributed by atoms with van der Waals surface area (Å²) in [5.74, 6) is -0.476. The molecule has 6 rings (SSSR count). The molecule has 1 aromatic carbocycles. The Hall–Kier alpha value is -2.86. The predicted molar refractivity (Wildman–Crippen MR) is 109 cm³/mol. The van der Waals surface area contributed by atoms with Crippen molar-refractivity contribution in [2.75, 3.05) is 25.1 Å². The molecule has 2 atom stereocenters. The minimum Gasteiger partial charge on any atom is -0.422 e. The maximum Gasteiger partial charge on any atom is 0.573 e. The number of hydrogen-bond donors (Lipinski definition) is 1. The zero-order valence-electron chi connectivity index (χ0n) is 16.6. The molecule has 2 aromatic heterocycles. The summed E-state index contributed by atoms with van der Waals surface area (Å²) < 4.78 is 50.4. The van der Waals surface area contributed by atoms with E-state index in [0.29, 0.717) is 35.7 Å². The van der Waals surface area contributed by atoms with E-state index in [-0.39, 0.29) is 28.4 Å². The number of ether oxygens (including phenoxy) is 1. The fourth-order valence-corrected chi connectivity index (χ4v) is 4.69. The van der Waals surface area contributed by atoms with Crippen LogP contribution in [0.1, 0.15) is 18.9 Å². The number of halogens is 3. The first-order chi connectivity index (χ1) is 14.8. The second-order valence-corrected chi connectivity index (χ2v) is 8.32. The average Bonchev–Trinajstić information content (AvgIpc) is 3.37. The molecule has 164 valence electrons. The molecule has 8 nitrogen and oxygen atoms in total. The minimum atomic E-state index is -4.92. The van der Waals surface area contributed by atoms with Gasteiger partial charge in [0, 0.05) is 42.3 Å². The van der Waals surface area contributed by atoms with E-state index in [0.717, 1.165) is 6.42 Å². The summed E-state index contributed by atoms with van der Waals surface area (Å²) in [6, 6.07) is 2.42. The minimum absolute atomic E-state index is 0.0344. The van der Waals surface area contributed by atoms with E-state index < -0.39 is 12.1 Å². The molecule has 0 radical (unpaired) electrons. The first-order valence-electron chi connectivity index (χ1n) is 9.54.